The topological polar surface area (TPSA) is 89.6 Å². The van der Waals surface area contributed by atoms with E-state index < -0.39 is 0 Å². The summed E-state index contributed by atoms with van der Waals surface area (Å²) in [6, 6.07) is 16.0. The Bertz CT molecular complexity index is 1020. The molecule has 7 nitrogen and oxygen atoms in total. The van der Waals surface area contributed by atoms with Crippen LogP contribution in [0, 0.1) is 6.92 Å². The Labute approximate surface area is 175 Å². The van der Waals surface area contributed by atoms with Crippen molar-refractivity contribution < 1.29 is 19.1 Å². The van der Waals surface area contributed by atoms with E-state index in [1.165, 1.54) is 0 Å². The molecule has 0 aliphatic heterocycles. The van der Waals surface area contributed by atoms with Crippen molar-refractivity contribution in [1.82, 2.24) is 10.3 Å². The van der Waals surface area contributed by atoms with Gasteiger partial charge in [0.2, 0.25) is 5.91 Å². The van der Waals surface area contributed by atoms with Crippen LogP contribution in [0.4, 0.5) is 5.69 Å². The third-order valence-corrected chi connectivity index (χ3v) is 4.36. The maximum atomic E-state index is 12.3. The monoisotopic (exact) mass is 405 g/mol. The zero-order valence-corrected chi connectivity index (χ0v) is 16.8. The number of aromatic nitrogens is 1. The van der Waals surface area contributed by atoms with Crippen LogP contribution in [0.2, 0.25) is 0 Å². The summed E-state index contributed by atoms with van der Waals surface area (Å²) in [6.07, 6.45) is 3.41. The lowest BCUT2D eigenvalue weighted by Crippen LogP contribution is -2.33. The van der Waals surface area contributed by atoms with Crippen LogP contribution in [0.25, 0.3) is 0 Å². The minimum atomic E-state index is -0.347. The summed E-state index contributed by atoms with van der Waals surface area (Å²) in [5.41, 5.74) is 2.84. The van der Waals surface area contributed by atoms with Crippen LogP contribution >= 0.6 is 0 Å². The molecule has 0 bridgehead atoms. The highest BCUT2D eigenvalue weighted by atomic mass is 16.5. The fourth-order valence-electron chi connectivity index (χ4n) is 2.80. The molecule has 3 rings (SSSR count). The Morgan fingerprint density at radius 1 is 1.03 bits per heavy atom. The predicted molar refractivity (Wildman–Crippen MR) is 114 cm³/mol. The minimum Gasteiger partial charge on any atom is -0.493 e. The Balaban J connectivity index is 1.59. The number of carbonyl (C=O) groups is 2. The van der Waals surface area contributed by atoms with Gasteiger partial charge in [-0.15, -0.1) is 0 Å². The van der Waals surface area contributed by atoms with Crippen LogP contribution in [0.5, 0.6) is 11.5 Å². The Morgan fingerprint density at radius 3 is 2.60 bits per heavy atom. The van der Waals surface area contributed by atoms with Crippen LogP contribution < -0.4 is 20.1 Å². The van der Waals surface area contributed by atoms with Gasteiger partial charge in [0.05, 0.1) is 13.7 Å². The number of anilines is 1. The summed E-state index contributed by atoms with van der Waals surface area (Å²) in [4.78, 5) is 28.6. The van der Waals surface area contributed by atoms with E-state index in [-0.39, 0.29) is 18.4 Å². The van der Waals surface area contributed by atoms with Crippen molar-refractivity contribution >= 4 is 17.5 Å². The highest BCUT2D eigenvalue weighted by Crippen LogP contribution is 2.30. The third kappa shape index (κ3) is 5.57. The zero-order valence-electron chi connectivity index (χ0n) is 16.8. The number of aryl methyl sites for hydroxylation is 1. The van der Waals surface area contributed by atoms with Crippen LogP contribution in [-0.4, -0.2) is 30.5 Å². The van der Waals surface area contributed by atoms with Gasteiger partial charge in [0.15, 0.2) is 11.5 Å². The van der Waals surface area contributed by atoms with E-state index in [4.69, 9.17) is 9.47 Å². The van der Waals surface area contributed by atoms with Crippen molar-refractivity contribution in [3.05, 3.63) is 83.7 Å². The standard InChI is InChI=1S/C23H23N3O4/c1-16-6-3-4-8-19(16)23(28)25-14-22(27)26-18-9-10-20(29-2)21(12-18)30-15-17-7-5-11-24-13-17/h3-13H,14-15H2,1-2H3,(H,25,28)(H,26,27). The molecule has 0 spiro atoms. The maximum Gasteiger partial charge on any atom is 0.251 e. The molecule has 0 fully saturated rings. The minimum absolute atomic E-state index is 0.148. The molecule has 3 aromatic rings. The quantitative estimate of drug-likeness (QED) is 0.600. The molecular formula is C23H23N3O4. The number of ether oxygens (including phenoxy) is 2. The van der Waals surface area contributed by atoms with Gasteiger partial charge < -0.3 is 20.1 Å². The van der Waals surface area contributed by atoms with E-state index in [0.29, 0.717) is 29.4 Å². The van der Waals surface area contributed by atoms with Crippen LogP contribution in [0.15, 0.2) is 67.0 Å². The molecule has 154 valence electrons. The predicted octanol–water partition coefficient (Wildman–Crippen LogP) is 3.35. The highest BCUT2D eigenvalue weighted by molar-refractivity contribution is 6.00. The second-order valence-electron chi connectivity index (χ2n) is 6.56. The summed E-state index contributed by atoms with van der Waals surface area (Å²) < 4.78 is 11.1. The van der Waals surface area contributed by atoms with Crippen molar-refractivity contribution in [3.8, 4) is 11.5 Å². The number of pyridine rings is 1. The first-order valence-electron chi connectivity index (χ1n) is 9.40. The SMILES string of the molecule is COc1ccc(NC(=O)CNC(=O)c2ccccc2C)cc1OCc1cccnc1. The number of methoxy groups -OCH3 is 1. The van der Waals surface area contributed by atoms with E-state index in [1.54, 1.807) is 49.8 Å². The molecule has 30 heavy (non-hydrogen) atoms. The molecule has 0 saturated heterocycles. The Morgan fingerprint density at radius 2 is 1.87 bits per heavy atom. The number of rotatable bonds is 8. The largest absolute Gasteiger partial charge is 0.493 e. The molecule has 0 aliphatic carbocycles. The summed E-state index contributed by atoms with van der Waals surface area (Å²) >= 11 is 0. The summed E-state index contributed by atoms with van der Waals surface area (Å²) in [7, 11) is 1.55. The van der Waals surface area contributed by atoms with Gasteiger partial charge >= 0.3 is 0 Å². The molecule has 2 amide bonds. The van der Waals surface area contributed by atoms with Gasteiger partial charge in [-0.2, -0.15) is 0 Å². The lowest BCUT2D eigenvalue weighted by Gasteiger charge is -2.13. The molecule has 7 heteroatoms. The average Bonchev–Trinajstić information content (AvgIpc) is 2.77. The van der Waals surface area contributed by atoms with Crippen molar-refractivity contribution in [2.24, 2.45) is 0 Å². The van der Waals surface area contributed by atoms with Crippen molar-refractivity contribution in [1.29, 1.82) is 0 Å². The number of nitrogens with zero attached hydrogens (tertiary/aromatic N) is 1. The van der Waals surface area contributed by atoms with Crippen LogP contribution in [0.1, 0.15) is 21.5 Å². The number of hydrogen-bond donors (Lipinski definition) is 2. The van der Waals surface area contributed by atoms with Crippen LogP contribution in [0.3, 0.4) is 0 Å². The fourth-order valence-corrected chi connectivity index (χ4v) is 2.80. The number of benzene rings is 2. The van der Waals surface area contributed by atoms with Crippen LogP contribution in [-0.2, 0) is 11.4 Å². The molecule has 0 unspecified atom stereocenters. The van der Waals surface area contributed by atoms with Gasteiger partial charge in [-0.25, -0.2) is 0 Å². The first-order valence-corrected chi connectivity index (χ1v) is 9.40. The second kappa shape index (κ2) is 10.1. The number of amides is 2. The normalized spacial score (nSPS) is 10.2. The lowest BCUT2D eigenvalue weighted by molar-refractivity contribution is -0.115. The van der Waals surface area contributed by atoms with Crippen molar-refractivity contribution in [2.45, 2.75) is 13.5 Å². The van der Waals surface area contributed by atoms with E-state index in [0.717, 1.165) is 11.1 Å². The zero-order chi connectivity index (χ0) is 21.3. The second-order valence-corrected chi connectivity index (χ2v) is 6.56. The first-order chi connectivity index (χ1) is 14.6. The summed E-state index contributed by atoms with van der Waals surface area (Å²) in [5, 5.41) is 5.38. The molecule has 0 atom stereocenters. The number of hydrogen-bond acceptors (Lipinski definition) is 5. The molecule has 1 aromatic heterocycles. The average molecular weight is 405 g/mol. The molecule has 2 aromatic carbocycles. The molecular weight excluding hydrogens is 382 g/mol. The van der Waals surface area contributed by atoms with E-state index in [9.17, 15) is 9.59 Å². The molecule has 0 saturated carbocycles. The van der Waals surface area contributed by atoms with Gasteiger partial charge in [-0.05, 0) is 36.8 Å². The van der Waals surface area contributed by atoms with Crippen molar-refractivity contribution in [3.63, 3.8) is 0 Å². The summed E-state index contributed by atoms with van der Waals surface area (Å²) in [6.45, 7) is 2.01. The molecule has 2 N–H and O–H groups in total. The van der Waals surface area contributed by atoms with Gasteiger partial charge in [0, 0.05) is 35.3 Å². The third-order valence-electron chi connectivity index (χ3n) is 4.36. The Kier molecular flexibility index (Phi) is 7.00. The van der Waals surface area contributed by atoms with Gasteiger partial charge in [-0.3, -0.25) is 14.6 Å². The first kappa shape index (κ1) is 20.9. The lowest BCUT2D eigenvalue weighted by atomic mass is 10.1. The van der Waals surface area contributed by atoms with Gasteiger partial charge in [0.25, 0.3) is 5.91 Å². The fraction of sp³-hybridized carbons (Fsp3) is 0.174. The van der Waals surface area contributed by atoms with Gasteiger partial charge in [-0.1, -0.05) is 24.3 Å². The van der Waals surface area contributed by atoms with Crippen molar-refractivity contribution in [2.75, 3.05) is 19.0 Å². The molecule has 1 heterocycles. The van der Waals surface area contributed by atoms with Gasteiger partial charge in [0.1, 0.15) is 6.61 Å². The Hall–Kier alpha value is -3.87. The number of nitrogens with one attached hydrogen (secondary N) is 2. The smallest absolute Gasteiger partial charge is 0.251 e. The highest BCUT2D eigenvalue weighted by Gasteiger charge is 2.12. The van der Waals surface area contributed by atoms with E-state index in [2.05, 4.69) is 15.6 Å². The molecule has 0 radical (unpaired) electrons. The molecule has 0 aliphatic rings. The van der Waals surface area contributed by atoms with E-state index >= 15 is 0 Å². The maximum absolute atomic E-state index is 12.3. The van der Waals surface area contributed by atoms with E-state index in [1.807, 2.05) is 31.2 Å². The summed E-state index contributed by atoms with van der Waals surface area (Å²) in [5.74, 6) is 0.395. The number of carbonyl (C=O) groups excluding carboxylic acids is 2.